The Hall–Kier alpha value is 0. The predicted molar refractivity (Wildman–Crippen MR) is 210 cm³/mol. The van der Waals surface area contributed by atoms with Crippen LogP contribution in [0.15, 0.2) is 0 Å². The highest BCUT2D eigenvalue weighted by Gasteiger charge is 2.70. The van der Waals surface area contributed by atoms with Crippen LogP contribution in [-0.2, 0) is 0 Å². The first-order chi connectivity index (χ1) is 23.4. The van der Waals surface area contributed by atoms with Crippen LogP contribution in [0.5, 0.6) is 0 Å². The predicted octanol–water partition coefficient (Wildman–Crippen LogP) is 14.7. The minimum atomic E-state index is 0.494. The van der Waals surface area contributed by atoms with Gasteiger partial charge in [0.15, 0.2) is 0 Å². The van der Waals surface area contributed by atoms with Gasteiger partial charge in [-0.15, -0.1) is 0 Å². The third-order valence-electron chi connectivity index (χ3n) is 21.4. The Morgan fingerprint density at radius 3 is 1.59 bits per heavy atom. The second-order valence-electron chi connectivity index (χ2n) is 23.0. The van der Waals surface area contributed by atoms with Crippen LogP contribution < -0.4 is 0 Å². The fraction of sp³-hybridized carbons (Fsp3) is 1.00. The lowest BCUT2D eigenvalue weighted by Gasteiger charge is -2.59. The van der Waals surface area contributed by atoms with Gasteiger partial charge in [-0.2, -0.15) is 0 Å². The molecule has 1 spiro atoms. The molecule has 0 amide bonds. The Kier molecular flexibility index (Phi) is 9.62. The van der Waals surface area contributed by atoms with Gasteiger partial charge in [-0.05, 0) is 200 Å². The number of rotatable bonds is 6. The van der Waals surface area contributed by atoms with Crippen molar-refractivity contribution < 1.29 is 0 Å². The summed E-state index contributed by atoms with van der Waals surface area (Å²) in [5.41, 5.74) is 2.20. The summed E-state index contributed by atoms with van der Waals surface area (Å²) in [4.78, 5) is 0. The largest absolute Gasteiger partial charge is 0.0649 e. The zero-order valence-corrected chi connectivity index (χ0v) is 34.5. The zero-order chi connectivity index (χ0) is 34.5. The van der Waals surface area contributed by atoms with Gasteiger partial charge in [0.25, 0.3) is 0 Å². The Balaban J connectivity index is 1.21. The van der Waals surface area contributed by atoms with Crippen LogP contribution in [0.4, 0.5) is 0 Å². The summed E-state index contributed by atoms with van der Waals surface area (Å²) in [7, 11) is 0. The van der Waals surface area contributed by atoms with E-state index in [1.165, 1.54) is 25.7 Å². The van der Waals surface area contributed by atoms with Crippen molar-refractivity contribution >= 4 is 0 Å². The molecule has 0 nitrogen and oxygen atoms in total. The maximum atomic E-state index is 2.76. The van der Waals surface area contributed by atoms with E-state index >= 15 is 0 Å². The van der Waals surface area contributed by atoms with Crippen LogP contribution in [-0.4, -0.2) is 0 Å². The van der Waals surface area contributed by atoms with Crippen LogP contribution in [0.1, 0.15) is 197 Å². The topological polar surface area (TPSA) is 0 Å². The fourth-order valence-electron chi connectivity index (χ4n) is 17.9. The third-order valence-corrected chi connectivity index (χ3v) is 21.4. The van der Waals surface area contributed by atoms with Gasteiger partial charge in [-0.3, -0.25) is 0 Å². The van der Waals surface area contributed by atoms with Crippen molar-refractivity contribution in [2.24, 2.45) is 110 Å². The second kappa shape index (κ2) is 13.1. The van der Waals surface area contributed by atoms with Crippen molar-refractivity contribution in [1.82, 2.24) is 0 Å². The first-order valence-corrected chi connectivity index (χ1v) is 23.4. The molecule has 0 aromatic carbocycles. The molecule has 15 atom stereocenters. The molecule has 49 heavy (non-hydrogen) atoms. The summed E-state index contributed by atoms with van der Waals surface area (Å²) in [6.45, 7) is 23.5. The van der Waals surface area contributed by atoms with Crippen molar-refractivity contribution in [2.75, 3.05) is 0 Å². The molecule has 0 radical (unpaired) electrons. The SMILES string of the molecule is CCC(C)(CC)C1CC(C(C)(CC)CC)CC2(C1)C1CCC3CC(C(C)(C)C)CCC3C1C1C3CC4C5CCCCC5CCC4C3CCC12. The summed E-state index contributed by atoms with van der Waals surface area (Å²) in [6.07, 6.45) is 32.8. The van der Waals surface area contributed by atoms with Gasteiger partial charge in [0.05, 0.1) is 0 Å². The van der Waals surface area contributed by atoms with E-state index in [4.69, 9.17) is 0 Å². The number of hydrogen-bond acceptors (Lipinski definition) is 0. The Morgan fingerprint density at radius 1 is 0.429 bits per heavy atom. The average molecular weight is 673 g/mol. The van der Waals surface area contributed by atoms with Crippen LogP contribution >= 0.6 is 0 Å². The Morgan fingerprint density at radius 2 is 0.959 bits per heavy atom. The van der Waals surface area contributed by atoms with Crippen molar-refractivity contribution in [2.45, 2.75) is 197 Å². The molecule has 0 N–H and O–H groups in total. The van der Waals surface area contributed by atoms with Crippen molar-refractivity contribution in [3.05, 3.63) is 0 Å². The van der Waals surface area contributed by atoms with E-state index in [0.717, 1.165) is 88.8 Å². The third kappa shape index (κ3) is 5.57. The molecule has 8 rings (SSSR count). The molecule has 0 aliphatic heterocycles. The standard InChI is InChI=1S/C49H84/c1-10-47(8,11-2)34-27-35(48(9,12-3)13-4)30-49(29-34)42-24-19-32-26-33(46(5,6)7)20-22-37(32)44(42)45-41-28-40-36-17-15-14-16-31(36)18-21-38(40)39(41)23-25-43(45)49/h31-45H,10-30H2,1-9H3. The molecule has 0 heterocycles. The lowest BCUT2D eigenvalue weighted by atomic mass is 9.46. The lowest BCUT2D eigenvalue weighted by molar-refractivity contribution is -0.0928. The van der Waals surface area contributed by atoms with Crippen molar-refractivity contribution in [3.8, 4) is 0 Å². The highest BCUT2D eigenvalue weighted by molar-refractivity contribution is 5.18. The van der Waals surface area contributed by atoms with Gasteiger partial charge >= 0.3 is 0 Å². The van der Waals surface area contributed by atoms with E-state index in [9.17, 15) is 0 Å². The van der Waals surface area contributed by atoms with Gasteiger partial charge in [0, 0.05) is 0 Å². The van der Waals surface area contributed by atoms with Gasteiger partial charge in [-0.1, -0.05) is 107 Å². The summed E-state index contributed by atoms with van der Waals surface area (Å²) < 4.78 is 0. The summed E-state index contributed by atoms with van der Waals surface area (Å²) in [5, 5.41) is 0. The van der Waals surface area contributed by atoms with Crippen molar-refractivity contribution in [3.63, 3.8) is 0 Å². The molecule has 0 heteroatoms. The first-order valence-electron chi connectivity index (χ1n) is 23.4. The van der Waals surface area contributed by atoms with E-state index in [1.54, 1.807) is 109 Å². The van der Waals surface area contributed by atoms with Gasteiger partial charge in [0.2, 0.25) is 0 Å². The number of hydrogen-bond donors (Lipinski definition) is 0. The average Bonchev–Trinajstić information content (AvgIpc) is 3.63. The second-order valence-corrected chi connectivity index (χ2v) is 23.0. The maximum absolute atomic E-state index is 2.76. The normalized spacial score (nSPS) is 49.8. The lowest BCUT2D eigenvalue weighted by Crippen LogP contribution is -2.50. The monoisotopic (exact) mass is 673 g/mol. The van der Waals surface area contributed by atoms with Gasteiger partial charge in [0.1, 0.15) is 0 Å². The maximum Gasteiger partial charge on any atom is -0.0230 e. The summed E-state index contributed by atoms with van der Waals surface area (Å²) in [6, 6.07) is 0. The summed E-state index contributed by atoms with van der Waals surface area (Å²) >= 11 is 0. The molecule has 15 unspecified atom stereocenters. The van der Waals surface area contributed by atoms with Crippen LogP contribution in [0.25, 0.3) is 0 Å². The van der Waals surface area contributed by atoms with Crippen LogP contribution in [0.3, 0.4) is 0 Å². The highest BCUT2D eigenvalue weighted by atomic mass is 14.7. The fourth-order valence-corrected chi connectivity index (χ4v) is 17.9. The first kappa shape index (κ1) is 36.0. The molecule has 0 aromatic heterocycles. The number of fused-ring (bicyclic) bond motifs is 13. The molecule has 280 valence electrons. The van der Waals surface area contributed by atoms with Gasteiger partial charge in [-0.25, -0.2) is 0 Å². The van der Waals surface area contributed by atoms with E-state index in [1.807, 2.05) is 0 Å². The van der Waals surface area contributed by atoms with Crippen LogP contribution in [0, 0.1) is 110 Å². The van der Waals surface area contributed by atoms with E-state index in [2.05, 4.69) is 62.3 Å². The molecular weight excluding hydrogens is 589 g/mol. The minimum Gasteiger partial charge on any atom is -0.0649 e. The molecule has 8 aliphatic carbocycles. The summed E-state index contributed by atoms with van der Waals surface area (Å²) in [5.74, 6) is 16.0. The Labute approximate surface area is 306 Å². The van der Waals surface area contributed by atoms with Crippen LogP contribution in [0.2, 0.25) is 0 Å². The van der Waals surface area contributed by atoms with E-state index < -0.39 is 0 Å². The molecule has 8 saturated carbocycles. The highest BCUT2D eigenvalue weighted by Crippen LogP contribution is 2.77. The quantitative estimate of drug-likeness (QED) is 0.263. The minimum absolute atomic E-state index is 0.494. The smallest absolute Gasteiger partial charge is 0.0230 e. The molecule has 0 saturated heterocycles. The molecule has 0 bridgehead atoms. The molecule has 8 aliphatic rings. The van der Waals surface area contributed by atoms with E-state index in [0.29, 0.717) is 21.7 Å². The molecular formula is C49H84. The molecule has 0 aromatic rings. The zero-order valence-electron chi connectivity index (χ0n) is 34.5. The molecule has 8 fully saturated rings. The van der Waals surface area contributed by atoms with Crippen molar-refractivity contribution in [1.29, 1.82) is 0 Å². The Bertz CT molecular complexity index is 1120. The van der Waals surface area contributed by atoms with Gasteiger partial charge < -0.3 is 0 Å². The van der Waals surface area contributed by atoms with E-state index in [-0.39, 0.29) is 0 Å².